The number of hydrogen-bond acceptors (Lipinski definition) is 6. The van der Waals surface area contributed by atoms with Crippen LogP contribution in [0.5, 0.6) is 11.5 Å². The number of carbonyl (C=O) groups is 2. The Bertz CT molecular complexity index is 1230. The molecule has 41 heavy (non-hydrogen) atoms. The first-order chi connectivity index (χ1) is 19.0. The van der Waals surface area contributed by atoms with Gasteiger partial charge in [0.1, 0.15) is 0 Å². The number of rotatable bonds is 7. The smallest absolute Gasteiger partial charge is 0.416 e. The van der Waals surface area contributed by atoms with E-state index in [-0.39, 0.29) is 18.1 Å². The van der Waals surface area contributed by atoms with Gasteiger partial charge in [0.05, 0.1) is 49.8 Å². The van der Waals surface area contributed by atoms with Crippen LogP contribution >= 0.6 is 0 Å². The Labute approximate surface area is 232 Å². The van der Waals surface area contributed by atoms with Crippen molar-refractivity contribution in [3.8, 4) is 11.5 Å². The summed E-state index contributed by atoms with van der Waals surface area (Å²) < 4.78 is 100.0. The van der Waals surface area contributed by atoms with Crippen molar-refractivity contribution in [2.45, 2.75) is 64.2 Å². The number of benzene rings is 2. The summed E-state index contributed by atoms with van der Waals surface area (Å²) in [4.78, 5) is 27.0. The maximum atomic E-state index is 13.1. The summed E-state index contributed by atoms with van der Waals surface area (Å²) in [5, 5.41) is 2.66. The number of halogens is 6. The monoisotopic (exact) mass is 592 g/mol. The molecule has 14 heteroatoms. The number of carbonyl (C=O) groups excluding carboxylic acids is 2. The lowest BCUT2D eigenvalue weighted by Crippen LogP contribution is -2.47. The van der Waals surface area contributed by atoms with Gasteiger partial charge in [-0.3, -0.25) is 4.90 Å². The molecule has 1 aliphatic rings. The molecule has 2 unspecified atom stereocenters. The van der Waals surface area contributed by atoms with E-state index in [1.165, 1.54) is 19.1 Å². The number of anilines is 1. The lowest BCUT2D eigenvalue weighted by Gasteiger charge is -2.39. The molecule has 2 amide bonds. The van der Waals surface area contributed by atoms with E-state index in [4.69, 9.17) is 18.9 Å². The van der Waals surface area contributed by atoms with Gasteiger partial charge in [-0.1, -0.05) is 0 Å². The van der Waals surface area contributed by atoms with Crippen molar-refractivity contribution in [2.24, 2.45) is 0 Å². The Morgan fingerprint density at radius 1 is 0.951 bits per heavy atom. The molecule has 226 valence electrons. The van der Waals surface area contributed by atoms with Gasteiger partial charge in [0.15, 0.2) is 11.5 Å². The Morgan fingerprint density at radius 3 is 2.02 bits per heavy atom. The number of fused-ring (bicyclic) bond motifs is 1. The second-order valence-electron chi connectivity index (χ2n) is 9.65. The lowest BCUT2D eigenvalue weighted by atomic mass is 9.91. The summed E-state index contributed by atoms with van der Waals surface area (Å²) in [7, 11) is 2.83. The van der Waals surface area contributed by atoms with E-state index in [0.717, 1.165) is 0 Å². The van der Waals surface area contributed by atoms with Crippen LogP contribution < -0.4 is 19.7 Å². The van der Waals surface area contributed by atoms with Gasteiger partial charge in [0, 0.05) is 24.1 Å². The van der Waals surface area contributed by atoms with Gasteiger partial charge < -0.3 is 24.3 Å². The maximum absolute atomic E-state index is 13.1. The molecule has 0 radical (unpaired) electrons. The van der Waals surface area contributed by atoms with Crippen LogP contribution in [-0.4, -0.2) is 45.2 Å². The van der Waals surface area contributed by atoms with Crippen molar-refractivity contribution < 1.29 is 54.9 Å². The third-order valence-electron chi connectivity index (χ3n) is 6.28. The molecule has 8 nitrogen and oxygen atoms in total. The number of ether oxygens (including phenoxy) is 4. The summed E-state index contributed by atoms with van der Waals surface area (Å²) in [6.07, 6.45) is -12.1. The normalized spacial score (nSPS) is 17.1. The number of amides is 2. The molecule has 2 aromatic rings. The highest BCUT2D eigenvalue weighted by Crippen LogP contribution is 2.44. The average Bonchev–Trinajstić information content (AvgIpc) is 2.86. The fraction of sp³-hybridized carbons (Fsp3) is 0.481. The van der Waals surface area contributed by atoms with Gasteiger partial charge in [-0.25, -0.2) is 9.59 Å². The first kappa shape index (κ1) is 31.7. The number of nitrogens with zero attached hydrogens (tertiary/aromatic N) is 1. The van der Waals surface area contributed by atoms with Crippen molar-refractivity contribution >= 4 is 17.9 Å². The Kier molecular flexibility index (Phi) is 9.54. The van der Waals surface area contributed by atoms with Crippen LogP contribution in [-0.2, 0) is 28.2 Å². The number of methoxy groups -OCH3 is 2. The average molecular weight is 593 g/mol. The van der Waals surface area contributed by atoms with E-state index < -0.39 is 66.9 Å². The van der Waals surface area contributed by atoms with Gasteiger partial charge >= 0.3 is 24.5 Å². The molecular weight excluding hydrogens is 562 g/mol. The molecule has 0 saturated carbocycles. The maximum Gasteiger partial charge on any atom is 0.416 e. The Morgan fingerprint density at radius 2 is 1.51 bits per heavy atom. The first-order valence-electron chi connectivity index (χ1n) is 12.5. The van der Waals surface area contributed by atoms with Crippen molar-refractivity contribution in [3.05, 3.63) is 52.6 Å². The molecule has 0 spiro atoms. The molecule has 1 N–H and O–H groups in total. The number of alkyl carbamates (subject to hydrolysis) is 1. The molecule has 0 bridgehead atoms. The molecule has 0 saturated heterocycles. The summed E-state index contributed by atoms with van der Waals surface area (Å²) in [6, 6.07) is 3.20. The third kappa shape index (κ3) is 7.67. The molecule has 2 aromatic carbocycles. The van der Waals surface area contributed by atoms with Gasteiger partial charge in [-0.05, 0) is 57.0 Å². The second-order valence-corrected chi connectivity index (χ2v) is 9.65. The highest BCUT2D eigenvalue weighted by Gasteiger charge is 2.38. The fourth-order valence-electron chi connectivity index (χ4n) is 4.47. The van der Waals surface area contributed by atoms with Crippen LogP contribution in [0.4, 0.5) is 41.6 Å². The minimum Gasteiger partial charge on any atom is -0.493 e. The van der Waals surface area contributed by atoms with E-state index in [1.54, 1.807) is 32.9 Å². The molecule has 1 aliphatic heterocycles. The Balaban J connectivity index is 1.79. The number of nitrogens with one attached hydrogen (secondary N) is 1. The van der Waals surface area contributed by atoms with Crippen molar-refractivity contribution in [3.63, 3.8) is 0 Å². The molecular formula is C27H30F6N2O6. The predicted octanol–water partition coefficient (Wildman–Crippen LogP) is 6.90. The fourth-order valence-corrected chi connectivity index (χ4v) is 4.47. The highest BCUT2D eigenvalue weighted by molar-refractivity contribution is 5.91. The molecule has 3 rings (SSSR count). The lowest BCUT2D eigenvalue weighted by molar-refractivity contribution is -0.143. The van der Waals surface area contributed by atoms with Crippen molar-refractivity contribution in [1.82, 2.24) is 5.32 Å². The van der Waals surface area contributed by atoms with E-state index in [1.807, 2.05) is 0 Å². The van der Waals surface area contributed by atoms with Crippen LogP contribution in [0.2, 0.25) is 0 Å². The van der Waals surface area contributed by atoms with Crippen LogP contribution in [0.3, 0.4) is 0 Å². The SMILES string of the molecule is COc1cc2c(cc1OC)N(C(=O)OC(C)C)C(C)CC2NC(=O)OCCc1cc(C(F)(F)F)cc(C(F)(F)F)c1. The van der Waals surface area contributed by atoms with Gasteiger partial charge in [-0.15, -0.1) is 0 Å². The van der Waals surface area contributed by atoms with E-state index >= 15 is 0 Å². The number of hydrogen-bond donors (Lipinski definition) is 1. The topological polar surface area (TPSA) is 86.3 Å². The standard InChI is InChI=1S/C27H30F6N2O6/c1-14(2)41-25(37)35-15(3)8-20(19-12-22(38-4)23(39-5)13-21(19)35)34-24(36)40-7-6-16-9-17(26(28,29)30)11-18(10-16)27(31,32)33/h9-15,20H,6-8H2,1-5H3,(H,34,36). The van der Waals surface area contributed by atoms with Crippen LogP contribution in [0.1, 0.15) is 55.5 Å². The minimum absolute atomic E-state index is 0.0300. The summed E-state index contributed by atoms with van der Waals surface area (Å²) in [5.41, 5.74) is -2.34. The van der Waals surface area contributed by atoms with Crippen LogP contribution in [0.25, 0.3) is 0 Å². The third-order valence-corrected chi connectivity index (χ3v) is 6.28. The first-order valence-corrected chi connectivity index (χ1v) is 12.5. The zero-order chi connectivity index (χ0) is 30.7. The zero-order valence-electron chi connectivity index (χ0n) is 22.9. The van der Waals surface area contributed by atoms with Gasteiger partial charge in [0.25, 0.3) is 0 Å². The quantitative estimate of drug-likeness (QED) is 0.353. The van der Waals surface area contributed by atoms with Crippen LogP contribution in [0.15, 0.2) is 30.3 Å². The van der Waals surface area contributed by atoms with E-state index in [2.05, 4.69) is 5.32 Å². The van der Waals surface area contributed by atoms with Gasteiger partial charge in [-0.2, -0.15) is 26.3 Å². The van der Waals surface area contributed by atoms with Crippen LogP contribution in [0, 0.1) is 0 Å². The Hall–Kier alpha value is -3.84. The molecule has 0 fully saturated rings. The van der Waals surface area contributed by atoms with Crippen molar-refractivity contribution in [1.29, 1.82) is 0 Å². The molecule has 1 heterocycles. The summed E-state index contributed by atoms with van der Waals surface area (Å²) in [5.74, 6) is 0.645. The number of alkyl halides is 6. The zero-order valence-corrected chi connectivity index (χ0v) is 22.9. The highest BCUT2D eigenvalue weighted by atomic mass is 19.4. The summed E-state index contributed by atoms with van der Waals surface area (Å²) >= 11 is 0. The molecule has 0 aliphatic carbocycles. The molecule has 2 atom stereocenters. The second kappa shape index (κ2) is 12.4. The van der Waals surface area contributed by atoms with Gasteiger partial charge in [0.2, 0.25) is 0 Å². The van der Waals surface area contributed by atoms with E-state index in [0.29, 0.717) is 34.9 Å². The largest absolute Gasteiger partial charge is 0.493 e. The van der Waals surface area contributed by atoms with E-state index in [9.17, 15) is 35.9 Å². The minimum atomic E-state index is -4.99. The molecule has 0 aromatic heterocycles. The summed E-state index contributed by atoms with van der Waals surface area (Å²) in [6.45, 7) is 4.66. The predicted molar refractivity (Wildman–Crippen MR) is 135 cm³/mol. The van der Waals surface area contributed by atoms with Crippen molar-refractivity contribution in [2.75, 3.05) is 25.7 Å².